The van der Waals surface area contributed by atoms with Crippen LogP contribution in [0.2, 0.25) is 0 Å². The van der Waals surface area contributed by atoms with Crippen molar-refractivity contribution in [2.45, 2.75) is 6.92 Å². The van der Waals surface area contributed by atoms with Crippen LogP contribution in [-0.2, 0) is 4.79 Å². The van der Waals surface area contributed by atoms with Crippen molar-refractivity contribution < 1.29 is 4.79 Å². The molecule has 16 heavy (non-hydrogen) atoms. The Balaban J connectivity index is 2.87. The Kier molecular flexibility index (Phi) is 4.25. The summed E-state index contributed by atoms with van der Waals surface area (Å²) >= 11 is 4.95. The standard InChI is InChI=1S/C11H15N3OS/c1-7-3-4-9(8(5-7)11(12)16)14-6-10(15)13-2/h3-5,14H,6H2,1-2H3,(H2,12,16)(H,13,15). The Labute approximate surface area is 100 Å². The van der Waals surface area contributed by atoms with E-state index in [1.807, 2.05) is 25.1 Å². The molecule has 0 aliphatic heterocycles. The number of carbonyl (C=O) groups is 1. The van der Waals surface area contributed by atoms with Crippen LogP contribution in [0.5, 0.6) is 0 Å². The predicted octanol–water partition coefficient (Wildman–Crippen LogP) is 0.787. The first kappa shape index (κ1) is 12.4. The smallest absolute Gasteiger partial charge is 0.239 e. The van der Waals surface area contributed by atoms with Crippen molar-refractivity contribution in [3.63, 3.8) is 0 Å². The number of aryl methyl sites for hydroxylation is 1. The minimum Gasteiger partial charge on any atom is -0.389 e. The van der Waals surface area contributed by atoms with Gasteiger partial charge in [-0.1, -0.05) is 23.8 Å². The molecule has 0 atom stereocenters. The van der Waals surface area contributed by atoms with Crippen LogP contribution in [0.15, 0.2) is 18.2 Å². The van der Waals surface area contributed by atoms with Gasteiger partial charge in [-0.05, 0) is 19.1 Å². The molecular weight excluding hydrogens is 222 g/mol. The van der Waals surface area contributed by atoms with Gasteiger partial charge >= 0.3 is 0 Å². The fourth-order valence-electron chi connectivity index (χ4n) is 1.28. The maximum Gasteiger partial charge on any atom is 0.239 e. The van der Waals surface area contributed by atoms with E-state index in [1.54, 1.807) is 7.05 Å². The number of carbonyl (C=O) groups excluding carboxylic acids is 1. The largest absolute Gasteiger partial charge is 0.389 e. The Morgan fingerprint density at radius 2 is 2.19 bits per heavy atom. The molecule has 0 radical (unpaired) electrons. The van der Waals surface area contributed by atoms with E-state index >= 15 is 0 Å². The van der Waals surface area contributed by atoms with Gasteiger partial charge in [0, 0.05) is 18.3 Å². The Morgan fingerprint density at radius 1 is 1.50 bits per heavy atom. The summed E-state index contributed by atoms with van der Waals surface area (Å²) in [6.07, 6.45) is 0. The molecule has 1 amide bonds. The zero-order valence-corrected chi connectivity index (χ0v) is 10.1. The summed E-state index contributed by atoms with van der Waals surface area (Å²) < 4.78 is 0. The molecule has 0 spiro atoms. The maximum atomic E-state index is 11.1. The summed E-state index contributed by atoms with van der Waals surface area (Å²) in [4.78, 5) is 11.4. The van der Waals surface area contributed by atoms with Gasteiger partial charge in [0.1, 0.15) is 4.99 Å². The molecule has 5 heteroatoms. The van der Waals surface area contributed by atoms with E-state index in [9.17, 15) is 4.79 Å². The molecule has 0 aliphatic rings. The van der Waals surface area contributed by atoms with Crippen LogP contribution in [0.1, 0.15) is 11.1 Å². The number of nitrogens with one attached hydrogen (secondary N) is 2. The van der Waals surface area contributed by atoms with Crippen LogP contribution in [-0.4, -0.2) is 24.5 Å². The van der Waals surface area contributed by atoms with Crippen molar-refractivity contribution in [2.24, 2.45) is 5.73 Å². The molecule has 4 N–H and O–H groups in total. The van der Waals surface area contributed by atoms with Gasteiger partial charge < -0.3 is 16.4 Å². The highest BCUT2D eigenvalue weighted by Crippen LogP contribution is 2.16. The molecule has 1 rings (SSSR count). The van der Waals surface area contributed by atoms with E-state index in [0.29, 0.717) is 4.99 Å². The van der Waals surface area contributed by atoms with Crippen molar-refractivity contribution >= 4 is 28.8 Å². The number of likely N-dealkylation sites (N-methyl/N-ethyl adjacent to an activating group) is 1. The molecule has 0 aromatic heterocycles. The first-order valence-corrected chi connectivity index (χ1v) is 5.30. The zero-order valence-electron chi connectivity index (χ0n) is 9.33. The van der Waals surface area contributed by atoms with Gasteiger partial charge in [-0.2, -0.15) is 0 Å². The van der Waals surface area contributed by atoms with Crippen LogP contribution in [0, 0.1) is 6.92 Å². The Morgan fingerprint density at radius 3 is 2.75 bits per heavy atom. The van der Waals surface area contributed by atoms with E-state index in [1.165, 1.54) is 0 Å². The normalized spacial score (nSPS) is 9.62. The summed E-state index contributed by atoms with van der Waals surface area (Å²) in [7, 11) is 1.59. The molecule has 86 valence electrons. The van der Waals surface area contributed by atoms with Gasteiger partial charge in [-0.25, -0.2) is 0 Å². The number of amides is 1. The SMILES string of the molecule is CNC(=O)CNc1ccc(C)cc1C(N)=S. The second-order valence-corrected chi connectivity index (χ2v) is 3.88. The molecule has 0 saturated carbocycles. The second-order valence-electron chi connectivity index (χ2n) is 3.44. The summed E-state index contributed by atoms with van der Waals surface area (Å²) in [5.41, 5.74) is 8.23. The lowest BCUT2D eigenvalue weighted by Crippen LogP contribution is -2.27. The molecular formula is C11H15N3OS. The molecule has 4 nitrogen and oxygen atoms in total. The zero-order chi connectivity index (χ0) is 12.1. The lowest BCUT2D eigenvalue weighted by Gasteiger charge is -2.11. The second kappa shape index (κ2) is 5.46. The van der Waals surface area contributed by atoms with Gasteiger partial charge in [-0.15, -0.1) is 0 Å². The summed E-state index contributed by atoms with van der Waals surface area (Å²) in [5.74, 6) is -0.0885. The van der Waals surface area contributed by atoms with Crippen LogP contribution < -0.4 is 16.4 Å². The molecule has 0 unspecified atom stereocenters. The molecule has 0 heterocycles. The number of nitrogens with two attached hydrogens (primary N) is 1. The van der Waals surface area contributed by atoms with Gasteiger partial charge in [0.05, 0.1) is 6.54 Å². The van der Waals surface area contributed by atoms with Crippen molar-refractivity contribution in [1.29, 1.82) is 0 Å². The van der Waals surface area contributed by atoms with Gasteiger partial charge in [0.2, 0.25) is 5.91 Å². The Bertz CT molecular complexity index is 418. The summed E-state index contributed by atoms with van der Waals surface area (Å²) in [6.45, 7) is 2.17. The van der Waals surface area contributed by atoms with Crippen LogP contribution in [0.25, 0.3) is 0 Å². The van der Waals surface area contributed by atoms with E-state index in [4.69, 9.17) is 18.0 Å². The fraction of sp³-hybridized carbons (Fsp3) is 0.273. The maximum absolute atomic E-state index is 11.1. The molecule has 0 bridgehead atoms. The first-order chi connectivity index (χ1) is 7.54. The number of thiocarbonyl (C=S) groups is 1. The minimum atomic E-state index is -0.0885. The third kappa shape index (κ3) is 3.20. The van der Waals surface area contributed by atoms with Crippen LogP contribution in [0.4, 0.5) is 5.69 Å². The number of hydrogen-bond donors (Lipinski definition) is 3. The van der Waals surface area contributed by atoms with Crippen molar-refractivity contribution in [3.05, 3.63) is 29.3 Å². The van der Waals surface area contributed by atoms with E-state index < -0.39 is 0 Å². The quantitative estimate of drug-likeness (QED) is 0.677. The minimum absolute atomic E-state index is 0.0885. The van der Waals surface area contributed by atoms with E-state index in [-0.39, 0.29) is 12.5 Å². The number of benzene rings is 1. The summed E-state index contributed by atoms with van der Waals surface area (Å²) in [6, 6.07) is 5.70. The third-order valence-electron chi connectivity index (χ3n) is 2.16. The predicted molar refractivity (Wildman–Crippen MR) is 69.6 cm³/mol. The molecule has 0 aliphatic carbocycles. The van der Waals surface area contributed by atoms with Crippen LogP contribution >= 0.6 is 12.2 Å². The molecule has 0 fully saturated rings. The van der Waals surface area contributed by atoms with Crippen molar-refractivity contribution in [1.82, 2.24) is 5.32 Å². The number of rotatable bonds is 4. The van der Waals surface area contributed by atoms with Crippen LogP contribution in [0.3, 0.4) is 0 Å². The number of hydrogen-bond acceptors (Lipinski definition) is 3. The monoisotopic (exact) mass is 237 g/mol. The van der Waals surface area contributed by atoms with Crippen molar-refractivity contribution in [3.8, 4) is 0 Å². The summed E-state index contributed by atoms with van der Waals surface area (Å²) in [5, 5.41) is 5.52. The highest BCUT2D eigenvalue weighted by atomic mass is 32.1. The highest BCUT2D eigenvalue weighted by Gasteiger charge is 2.06. The lowest BCUT2D eigenvalue weighted by molar-refractivity contribution is -0.118. The van der Waals surface area contributed by atoms with Crippen molar-refractivity contribution in [2.75, 3.05) is 18.9 Å². The molecule has 1 aromatic rings. The third-order valence-corrected chi connectivity index (χ3v) is 2.38. The van der Waals surface area contributed by atoms with Gasteiger partial charge in [0.15, 0.2) is 0 Å². The topological polar surface area (TPSA) is 67.2 Å². The average Bonchev–Trinajstić information content (AvgIpc) is 2.26. The van der Waals surface area contributed by atoms with E-state index in [2.05, 4.69) is 10.6 Å². The lowest BCUT2D eigenvalue weighted by atomic mass is 10.1. The van der Waals surface area contributed by atoms with E-state index in [0.717, 1.165) is 16.8 Å². The molecule has 0 saturated heterocycles. The molecule has 1 aromatic carbocycles. The number of anilines is 1. The first-order valence-electron chi connectivity index (χ1n) is 4.89. The van der Waals surface area contributed by atoms with Gasteiger partial charge in [-0.3, -0.25) is 4.79 Å². The fourth-order valence-corrected chi connectivity index (χ4v) is 1.45. The van der Waals surface area contributed by atoms with Gasteiger partial charge in [0.25, 0.3) is 0 Å². The highest BCUT2D eigenvalue weighted by molar-refractivity contribution is 7.80. The average molecular weight is 237 g/mol. The Hall–Kier alpha value is -1.62.